The van der Waals surface area contributed by atoms with Crippen LogP contribution in [0.3, 0.4) is 0 Å². The van der Waals surface area contributed by atoms with Crippen molar-refractivity contribution in [1.82, 2.24) is 21.3 Å². The molecule has 1 aromatic carbocycles. The van der Waals surface area contributed by atoms with Crippen molar-refractivity contribution in [3.8, 4) is 0 Å². The molecule has 7 heteroatoms. The maximum absolute atomic E-state index is 12.9. The lowest BCUT2D eigenvalue weighted by molar-refractivity contribution is -0.122. The Morgan fingerprint density at radius 1 is 1.19 bits per heavy atom. The van der Waals surface area contributed by atoms with Gasteiger partial charge in [-0.05, 0) is 37.1 Å². The van der Waals surface area contributed by atoms with E-state index in [1.165, 1.54) is 17.7 Å². The van der Waals surface area contributed by atoms with Crippen LogP contribution in [0.15, 0.2) is 35.9 Å². The third-order valence-electron chi connectivity index (χ3n) is 4.21. The van der Waals surface area contributed by atoms with Crippen LogP contribution >= 0.6 is 0 Å². The molecule has 1 aliphatic rings. The Morgan fingerprint density at radius 2 is 1.96 bits per heavy atom. The topological polar surface area (TPSA) is 82.3 Å². The van der Waals surface area contributed by atoms with Crippen molar-refractivity contribution in [3.63, 3.8) is 0 Å². The highest BCUT2D eigenvalue weighted by Crippen LogP contribution is 2.04. The van der Waals surface area contributed by atoms with Crippen molar-refractivity contribution >= 4 is 11.9 Å². The van der Waals surface area contributed by atoms with Gasteiger partial charge in [-0.1, -0.05) is 37.1 Å². The number of urea groups is 1. The van der Waals surface area contributed by atoms with Gasteiger partial charge in [0.1, 0.15) is 11.9 Å². The van der Waals surface area contributed by atoms with Gasteiger partial charge in [0.15, 0.2) is 0 Å². The molecule has 1 aliphatic heterocycles. The van der Waals surface area contributed by atoms with E-state index in [0.29, 0.717) is 13.0 Å². The van der Waals surface area contributed by atoms with Crippen LogP contribution in [0.2, 0.25) is 0 Å². The van der Waals surface area contributed by atoms with Crippen molar-refractivity contribution in [2.24, 2.45) is 0 Å². The van der Waals surface area contributed by atoms with E-state index in [1.807, 2.05) is 6.92 Å². The summed E-state index contributed by atoms with van der Waals surface area (Å²) in [6, 6.07) is 4.92. The molecule has 0 radical (unpaired) electrons. The number of hydrogen-bond acceptors (Lipinski definition) is 3. The smallest absolute Gasteiger partial charge is 0.315 e. The Labute approximate surface area is 153 Å². The summed E-state index contributed by atoms with van der Waals surface area (Å²) in [5.41, 5.74) is 1.99. The molecule has 0 bridgehead atoms. The minimum Gasteiger partial charge on any atom is -0.351 e. The Balaban J connectivity index is 1.79. The highest BCUT2D eigenvalue weighted by atomic mass is 19.1. The zero-order chi connectivity index (χ0) is 18.8. The van der Waals surface area contributed by atoms with Gasteiger partial charge >= 0.3 is 6.03 Å². The molecule has 2 rings (SSSR count). The average Bonchev–Trinajstić information content (AvgIpc) is 2.66. The Kier molecular flexibility index (Phi) is 8.08. The monoisotopic (exact) mass is 362 g/mol. The standard InChI is InChI=1S/C19H27FN4O2/c1-2-3-17(18(25)22-12-15-8-10-21-11-9-15)24-19(26)23-13-14-4-6-16(20)7-5-14/h4-8,17,21H,2-3,9-13H2,1H3,(H,22,25)(H2,23,24,26). The van der Waals surface area contributed by atoms with Crippen LogP contribution in [-0.4, -0.2) is 37.6 Å². The number of carbonyl (C=O) groups is 2. The minimum absolute atomic E-state index is 0.178. The molecule has 142 valence electrons. The van der Waals surface area contributed by atoms with Crippen LogP contribution < -0.4 is 21.3 Å². The van der Waals surface area contributed by atoms with Gasteiger partial charge in [-0.25, -0.2) is 9.18 Å². The van der Waals surface area contributed by atoms with E-state index < -0.39 is 12.1 Å². The largest absolute Gasteiger partial charge is 0.351 e. The van der Waals surface area contributed by atoms with Crippen molar-refractivity contribution in [2.75, 3.05) is 19.6 Å². The predicted molar refractivity (Wildman–Crippen MR) is 99.0 cm³/mol. The summed E-state index contributed by atoms with van der Waals surface area (Å²) in [5.74, 6) is -0.495. The van der Waals surface area contributed by atoms with Gasteiger partial charge in [-0.2, -0.15) is 0 Å². The molecule has 1 heterocycles. The third-order valence-corrected chi connectivity index (χ3v) is 4.21. The van der Waals surface area contributed by atoms with E-state index in [-0.39, 0.29) is 18.3 Å². The molecule has 0 spiro atoms. The Hall–Kier alpha value is -2.41. The molecule has 26 heavy (non-hydrogen) atoms. The van der Waals surface area contributed by atoms with Crippen molar-refractivity contribution in [2.45, 2.75) is 38.8 Å². The molecule has 0 fully saturated rings. The van der Waals surface area contributed by atoms with Crippen LogP contribution in [0.1, 0.15) is 31.7 Å². The summed E-state index contributed by atoms with van der Waals surface area (Å²) in [6.45, 7) is 4.50. The third kappa shape index (κ3) is 6.84. The van der Waals surface area contributed by atoms with Gasteiger partial charge in [0.05, 0.1) is 0 Å². The number of hydrogen-bond donors (Lipinski definition) is 4. The van der Waals surface area contributed by atoms with Crippen LogP contribution in [0.25, 0.3) is 0 Å². The first kappa shape index (κ1) is 19.9. The number of halogens is 1. The molecule has 0 aliphatic carbocycles. The molecule has 4 N–H and O–H groups in total. The highest BCUT2D eigenvalue weighted by molar-refractivity contribution is 5.87. The zero-order valence-electron chi connectivity index (χ0n) is 15.1. The lowest BCUT2D eigenvalue weighted by Crippen LogP contribution is -2.50. The molecule has 0 saturated carbocycles. The number of carbonyl (C=O) groups excluding carboxylic acids is 2. The number of nitrogens with one attached hydrogen (secondary N) is 4. The van der Waals surface area contributed by atoms with Gasteiger partial charge in [0, 0.05) is 19.6 Å². The molecule has 0 saturated heterocycles. The first-order valence-corrected chi connectivity index (χ1v) is 9.03. The lowest BCUT2D eigenvalue weighted by atomic mass is 10.1. The van der Waals surface area contributed by atoms with Gasteiger partial charge in [0.2, 0.25) is 5.91 Å². The summed E-state index contributed by atoms with van der Waals surface area (Å²) in [7, 11) is 0. The van der Waals surface area contributed by atoms with Crippen LogP contribution in [0, 0.1) is 5.82 Å². The Bertz CT molecular complexity index is 631. The number of amides is 3. The molecule has 3 amide bonds. The van der Waals surface area contributed by atoms with Gasteiger partial charge < -0.3 is 21.3 Å². The summed E-state index contributed by atoms with van der Waals surface area (Å²) < 4.78 is 12.9. The molecule has 6 nitrogen and oxygen atoms in total. The number of benzene rings is 1. The minimum atomic E-state index is -0.574. The summed E-state index contributed by atoms with van der Waals surface area (Å²) in [4.78, 5) is 24.5. The second-order valence-corrected chi connectivity index (χ2v) is 6.33. The quantitative estimate of drug-likeness (QED) is 0.533. The number of rotatable bonds is 8. The maximum Gasteiger partial charge on any atom is 0.315 e. The maximum atomic E-state index is 12.9. The van der Waals surface area contributed by atoms with Gasteiger partial charge in [0.25, 0.3) is 0 Å². The van der Waals surface area contributed by atoms with E-state index in [4.69, 9.17) is 0 Å². The highest BCUT2D eigenvalue weighted by Gasteiger charge is 2.20. The van der Waals surface area contributed by atoms with Crippen molar-refractivity contribution in [1.29, 1.82) is 0 Å². The summed E-state index contributed by atoms with van der Waals surface area (Å²) in [5, 5.41) is 11.5. The van der Waals surface area contributed by atoms with Crippen LogP contribution in [0.4, 0.5) is 9.18 Å². The summed E-state index contributed by atoms with van der Waals surface area (Å²) in [6.07, 6.45) is 4.35. The lowest BCUT2D eigenvalue weighted by Gasteiger charge is -2.20. The Morgan fingerprint density at radius 3 is 2.62 bits per heavy atom. The predicted octanol–water partition coefficient (Wildman–Crippen LogP) is 1.83. The first-order valence-electron chi connectivity index (χ1n) is 9.03. The van der Waals surface area contributed by atoms with Crippen LogP contribution in [-0.2, 0) is 11.3 Å². The SMILES string of the molecule is CCCC(NC(=O)NCc1ccc(F)cc1)C(=O)NCC1=CCNCC1. The van der Waals surface area contributed by atoms with E-state index in [1.54, 1.807) is 12.1 Å². The molecule has 0 aromatic heterocycles. The molecule has 1 atom stereocenters. The van der Waals surface area contributed by atoms with Gasteiger partial charge in [-0.15, -0.1) is 0 Å². The molecule has 1 aromatic rings. The normalized spacial score (nSPS) is 14.9. The first-order chi connectivity index (χ1) is 12.6. The summed E-state index contributed by atoms with van der Waals surface area (Å²) >= 11 is 0. The van der Waals surface area contributed by atoms with Crippen LogP contribution in [0.5, 0.6) is 0 Å². The fourth-order valence-corrected chi connectivity index (χ4v) is 2.71. The van der Waals surface area contributed by atoms with E-state index in [0.717, 1.165) is 31.5 Å². The van der Waals surface area contributed by atoms with E-state index in [2.05, 4.69) is 27.3 Å². The fourth-order valence-electron chi connectivity index (χ4n) is 2.71. The fraction of sp³-hybridized carbons (Fsp3) is 0.474. The van der Waals surface area contributed by atoms with Gasteiger partial charge in [-0.3, -0.25) is 4.79 Å². The second kappa shape index (κ2) is 10.6. The molecular weight excluding hydrogens is 335 g/mol. The van der Waals surface area contributed by atoms with Crippen molar-refractivity contribution < 1.29 is 14.0 Å². The van der Waals surface area contributed by atoms with E-state index in [9.17, 15) is 14.0 Å². The molecule has 1 unspecified atom stereocenters. The zero-order valence-corrected chi connectivity index (χ0v) is 15.1. The molecular formula is C19H27FN4O2. The van der Waals surface area contributed by atoms with Crippen molar-refractivity contribution in [3.05, 3.63) is 47.3 Å². The second-order valence-electron chi connectivity index (χ2n) is 6.33. The van der Waals surface area contributed by atoms with E-state index >= 15 is 0 Å². The average molecular weight is 362 g/mol.